The van der Waals surface area contributed by atoms with Crippen LogP contribution in [0, 0.1) is 0 Å². The molecule has 1 aliphatic rings. The third kappa shape index (κ3) is 2.96. The van der Waals surface area contributed by atoms with Gasteiger partial charge in [-0.1, -0.05) is 0 Å². The number of amides is 2. The van der Waals surface area contributed by atoms with Crippen molar-refractivity contribution >= 4 is 11.8 Å². The Morgan fingerprint density at radius 3 is 2.07 bits per heavy atom. The van der Waals surface area contributed by atoms with Gasteiger partial charge in [0.25, 0.3) is 11.8 Å². The van der Waals surface area contributed by atoms with Gasteiger partial charge in [0.2, 0.25) is 0 Å². The van der Waals surface area contributed by atoms with E-state index in [-0.39, 0.29) is 11.8 Å². The molecule has 78 valence electrons. The quantitative estimate of drug-likeness (QED) is 0.470. The number of hydrogen-bond acceptors (Lipinski definition) is 2. The van der Waals surface area contributed by atoms with Crippen LogP contribution in [0.3, 0.4) is 0 Å². The summed E-state index contributed by atoms with van der Waals surface area (Å²) < 4.78 is 0.851. The van der Waals surface area contributed by atoms with E-state index in [0.29, 0.717) is 6.54 Å². The van der Waals surface area contributed by atoms with Crippen LogP contribution in [0.1, 0.15) is 6.42 Å². The zero-order valence-corrected chi connectivity index (χ0v) is 8.99. The van der Waals surface area contributed by atoms with Crippen molar-refractivity contribution < 1.29 is 14.1 Å². The van der Waals surface area contributed by atoms with Crippen LogP contribution >= 0.6 is 0 Å². The van der Waals surface area contributed by atoms with Gasteiger partial charge in [0, 0.05) is 25.1 Å². The van der Waals surface area contributed by atoms with E-state index in [0.717, 1.165) is 17.4 Å². The largest absolute Gasteiger partial charge is 0.331 e. The molecular weight excluding hydrogens is 180 g/mol. The summed E-state index contributed by atoms with van der Waals surface area (Å²) in [5.41, 5.74) is 0. The van der Waals surface area contributed by atoms with Gasteiger partial charge in [-0.25, -0.2) is 0 Å². The fraction of sp³-hybridized carbons (Fsp3) is 0.600. The molecule has 2 amide bonds. The molecule has 0 aliphatic carbocycles. The molecule has 0 saturated heterocycles. The van der Waals surface area contributed by atoms with Gasteiger partial charge in [0.1, 0.15) is 0 Å². The Morgan fingerprint density at radius 2 is 1.64 bits per heavy atom. The lowest BCUT2D eigenvalue weighted by Crippen LogP contribution is -2.38. The van der Waals surface area contributed by atoms with E-state index in [2.05, 4.69) is 21.1 Å². The van der Waals surface area contributed by atoms with Gasteiger partial charge in [-0.2, -0.15) is 0 Å². The summed E-state index contributed by atoms with van der Waals surface area (Å²) in [6, 6.07) is 0. The molecule has 0 aromatic carbocycles. The standard InChI is InChI=1S/C10H17N2O2/c1-12(2,3)8-4-7-11-9(13)5-6-10(11)14/h5-6H,4,7-8H2,1-3H3/q+1. The first kappa shape index (κ1) is 10.9. The molecular formula is C10H17N2O2+. The Kier molecular flexibility index (Phi) is 3.06. The molecule has 1 rings (SSSR count). The Bertz CT molecular complexity index is 258. The minimum absolute atomic E-state index is 0.184. The van der Waals surface area contributed by atoms with Gasteiger partial charge in [0.05, 0.1) is 27.7 Å². The zero-order valence-electron chi connectivity index (χ0n) is 8.99. The average molecular weight is 197 g/mol. The maximum Gasteiger partial charge on any atom is 0.253 e. The third-order valence-electron chi connectivity index (χ3n) is 2.11. The number of imide groups is 1. The van der Waals surface area contributed by atoms with Crippen molar-refractivity contribution in [3.8, 4) is 0 Å². The molecule has 1 aliphatic heterocycles. The van der Waals surface area contributed by atoms with Crippen molar-refractivity contribution in [2.24, 2.45) is 0 Å². The molecule has 0 fully saturated rings. The minimum Gasteiger partial charge on any atom is -0.331 e. The lowest BCUT2D eigenvalue weighted by molar-refractivity contribution is -0.870. The van der Waals surface area contributed by atoms with Crippen LogP contribution in [0.2, 0.25) is 0 Å². The molecule has 0 unspecified atom stereocenters. The average Bonchev–Trinajstić information content (AvgIpc) is 2.33. The first-order chi connectivity index (χ1) is 6.40. The molecule has 0 aromatic heterocycles. The summed E-state index contributed by atoms with van der Waals surface area (Å²) in [6.07, 6.45) is 3.51. The van der Waals surface area contributed by atoms with Crippen molar-refractivity contribution in [2.45, 2.75) is 6.42 Å². The second-order valence-electron chi connectivity index (χ2n) is 4.53. The number of carbonyl (C=O) groups excluding carboxylic acids is 2. The summed E-state index contributed by atoms with van der Waals surface area (Å²) in [7, 11) is 6.27. The predicted molar refractivity (Wildman–Crippen MR) is 53.4 cm³/mol. The first-order valence-corrected chi connectivity index (χ1v) is 4.74. The number of rotatable bonds is 4. The number of carbonyl (C=O) groups is 2. The van der Waals surface area contributed by atoms with Crippen molar-refractivity contribution in [1.29, 1.82) is 0 Å². The van der Waals surface area contributed by atoms with Gasteiger partial charge in [-0.05, 0) is 0 Å². The van der Waals surface area contributed by atoms with Crippen molar-refractivity contribution in [1.82, 2.24) is 4.90 Å². The van der Waals surface area contributed by atoms with Gasteiger partial charge >= 0.3 is 0 Å². The van der Waals surface area contributed by atoms with Crippen LogP contribution in [-0.2, 0) is 9.59 Å². The van der Waals surface area contributed by atoms with Gasteiger partial charge in [0.15, 0.2) is 0 Å². The fourth-order valence-corrected chi connectivity index (χ4v) is 1.35. The summed E-state index contributed by atoms with van der Waals surface area (Å²) in [6.45, 7) is 1.48. The molecule has 0 N–H and O–H groups in total. The topological polar surface area (TPSA) is 37.4 Å². The molecule has 14 heavy (non-hydrogen) atoms. The normalized spacial score (nSPS) is 16.9. The van der Waals surface area contributed by atoms with Crippen LogP contribution in [0.15, 0.2) is 12.2 Å². The molecule has 0 radical (unpaired) electrons. The Balaban J connectivity index is 2.33. The van der Waals surface area contributed by atoms with E-state index in [1.807, 2.05) is 0 Å². The first-order valence-electron chi connectivity index (χ1n) is 4.74. The zero-order chi connectivity index (χ0) is 10.8. The second kappa shape index (κ2) is 3.92. The summed E-state index contributed by atoms with van der Waals surface area (Å²) in [4.78, 5) is 23.6. The van der Waals surface area contributed by atoms with E-state index in [1.165, 1.54) is 17.1 Å². The smallest absolute Gasteiger partial charge is 0.253 e. The van der Waals surface area contributed by atoms with E-state index < -0.39 is 0 Å². The lowest BCUT2D eigenvalue weighted by atomic mass is 10.3. The number of hydrogen-bond donors (Lipinski definition) is 0. The van der Waals surface area contributed by atoms with E-state index >= 15 is 0 Å². The minimum atomic E-state index is -0.184. The van der Waals surface area contributed by atoms with E-state index in [9.17, 15) is 9.59 Å². The molecule has 1 heterocycles. The Hall–Kier alpha value is -1.16. The number of nitrogens with zero attached hydrogens (tertiary/aromatic N) is 2. The van der Waals surface area contributed by atoms with Crippen molar-refractivity contribution in [3.63, 3.8) is 0 Å². The SMILES string of the molecule is C[N+](C)(C)CCCN1C(=O)C=CC1=O. The van der Waals surface area contributed by atoms with Crippen LogP contribution in [0.5, 0.6) is 0 Å². The van der Waals surface area contributed by atoms with E-state index in [4.69, 9.17) is 0 Å². The van der Waals surface area contributed by atoms with Gasteiger partial charge in [-0.3, -0.25) is 14.5 Å². The van der Waals surface area contributed by atoms with Crippen molar-refractivity contribution in [2.75, 3.05) is 34.2 Å². The monoisotopic (exact) mass is 197 g/mol. The van der Waals surface area contributed by atoms with Gasteiger partial charge < -0.3 is 4.48 Å². The Labute approximate surface area is 84.4 Å². The summed E-state index contributed by atoms with van der Waals surface area (Å²) >= 11 is 0. The Morgan fingerprint density at radius 1 is 1.14 bits per heavy atom. The summed E-state index contributed by atoms with van der Waals surface area (Å²) in [5, 5.41) is 0. The highest BCUT2D eigenvalue weighted by Crippen LogP contribution is 2.05. The molecule has 0 bridgehead atoms. The summed E-state index contributed by atoms with van der Waals surface area (Å²) in [5.74, 6) is -0.368. The van der Waals surface area contributed by atoms with Crippen LogP contribution < -0.4 is 0 Å². The van der Waals surface area contributed by atoms with Gasteiger partial charge in [-0.15, -0.1) is 0 Å². The molecule has 0 atom stereocenters. The van der Waals surface area contributed by atoms with E-state index in [1.54, 1.807) is 0 Å². The lowest BCUT2D eigenvalue weighted by Gasteiger charge is -2.24. The number of quaternary nitrogens is 1. The third-order valence-corrected chi connectivity index (χ3v) is 2.11. The maximum absolute atomic E-state index is 11.2. The highest BCUT2D eigenvalue weighted by Gasteiger charge is 2.23. The van der Waals surface area contributed by atoms with Crippen molar-refractivity contribution in [3.05, 3.63) is 12.2 Å². The molecule has 0 saturated carbocycles. The second-order valence-corrected chi connectivity index (χ2v) is 4.53. The molecule has 0 spiro atoms. The highest BCUT2D eigenvalue weighted by molar-refractivity contribution is 6.12. The fourth-order valence-electron chi connectivity index (χ4n) is 1.35. The molecule has 4 heteroatoms. The highest BCUT2D eigenvalue weighted by atomic mass is 16.2. The van der Waals surface area contributed by atoms with Crippen LogP contribution in [0.25, 0.3) is 0 Å². The van der Waals surface area contributed by atoms with Crippen LogP contribution in [0.4, 0.5) is 0 Å². The molecule has 4 nitrogen and oxygen atoms in total. The predicted octanol–water partition coefficient (Wildman–Crippen LogP) is 0.00770. The maximum atomic E-state index is 11.2. The molecule has 0 aromatic rings. The van der Waals surface area contributed by atoms with Crippen LogP contribution in [-0.4, -0.2) is 55.4 Å².